The number of rotatable bonds is 4. The lowest BCUT2D eigenvalue weighted by atomic mass is 9.99. The smallest absolute Gasteiger partial charge is 0.161 e. The van der Waals surface area contributed by atoms with Crippen molar-refractivity contribution in [3.63, 3.8) is 0 Å². The molecule has 1 aromatic rings. The first-order valence-corrected chi connectivity index (χ1v) is 6.35. The van der Waals surface area contributed by atoms with Gasteiger partial charge in [0, 0.05) is 6.04 Å². The van der Waals surface area contributed by atoms with Gasteiger partial charge in [0.05, 0.1) is 0 Å². The molecule has 0 saturated heterocycles. The lowest BCUT2D eigenvalue weighted by molar-refractivity contribution is 0.171. The van der Waals surface area contributed by atoms with Crippen LogP contribution in [-0.2, 0) is 6.42 Å². The maximum Gasteiger partial charge on any atom is 0.161 e. The number of nitrogens with two attached hydrogens (primary N) is 1. The minimum absolute atomic E-state index is 0.294. The molecule has 2 rings (SSSR count). The summed E-state index contributed by atoms with van der Waals surface area (Å²) in [7, 11) is 0. The Labute approximate surface area is 103 Å². The first-order chi connectivity index (χ1) is 8.20. The van der Waals surface area contributed by atoms with Crippen molar-refractivity contribution in [1.29, 1.82) is 0 Å². The van der Waals surface area contributed by atoms with E-state index < -0.39 is 0 Å². The van der Waals surface area contributed by atoms with E-state index in [0.29, 0.717) is 19.3 Å². The number of aryl methyl sites for hydroxylation is 2. The Morgan fingerprint density at radius 2 is 1.88 bits per heavy atom. The molecule has 1 heterocycles. The van der Waals surface area contributed by atoms with Crippen LogP contribution in [0.4, 0.5) is 0 Å². The molecule has 0 radical (unpaired) electrons. The first-order valence-electron chi connectivity index (χ1n) is 6.35. The zero-order valence-corrected chi connectivity index (χ0v) is 10.7. The number of hydrogen-bond donors (Lipinski definition) is 1. The van der Waals surface area contributed by atoms with Crippen molar-refractivity contribution in [2.75, 3.05) is 13.2 Å². The van der Waals surface area contributed by atoms with Crippen molar-refractivity contribution in [2.45, 2.75) is 39.2 Å². The lowest BCUT2D eigenvalue weighted by Crippen LogP contribution is -2.19. The van der Waals surface area contributed by atoms with E-state index in [4.69, 9.17) is 15.2 Å². The Bertz CT molecular complexity index is 390. The van der Waals surface area contributed by atoms with Crippen molar-refractivity contribution < 1.29 is 9.47 Å². The molecule has 2 N–H and O–H groups in total. The number of ether oxygens (including phenoxy) is 2. The van der Waals surface area contributed by atoms with E-state index in [-0.39, 0.29) is 0 Å². The lowest BCUT2D eigenvalue weighted by Gasteiger charge is -2.20. The van der Waals surface area contributed by atoms with Crippen molar-refractivity contribution in [1.82, 2.24) is 0 Å². The normalized spacial score (nSPS) is 15.7. The van der Waals surface area contributed by atoms with Gasteiger partial charge in [-0.3, -0.25) is 0 Å². The number of hydrogen-bond acceptors (Lipinski definition) is 3. The zero-order valence-electron chi connectivity index (χ0n) is 10.7. The van der Waals surface area contributed by atoms with Crippen LogP contribution in [0.2, 0.25) is 0 Å². The van der Waals surface area contributed by atoms with E-state index >= 15 is 0 Å². The predicted molar refractivity (Wildman–Crippen MR) is 68.8 cm³/mol. The monoisotopic (exact) mass is 235 g/mol. The molecule has 94 valence electrons. The Morgan fingerprint density at radius 1 is 1.24 bits per heavy atom. The predicted octanol–water partition coefficient (Wildman–Crippen LogP) is 2.44. The third-order valence-corrected chi connectivity index (χ3v) is 3.31. The van der Waals surface area contributed by atoms with Gasteiger partial charge in [0.2, 0.25) is 0 Å². The van der Waals surface area contributed by atoms with Crippen molar-refractivity contribution in [3.05, 3.63) is 23.3 Å². The van der Waals surface area contributed by atoms with Gasteiger partial charge in [-0.25, -0.2) is 0 Å². The molecule has 17 heavy (non-hydrogen) atoms. The molecule has 0 aromatic heterocycles. The number of benzene rings is 1. The van der Waals surface area contributed by atoms with Crippen molar-refractivity contribution >= 4 is 0 Å². The highest BCUT2D eigenvalue weighted by Gasteiger charge is 2.14. The summed E-state index contributed by atoms with van der Waals surface area (Å²) in [6.45, 7) is 5.53. The summed E-state index contributed by atoms with van der Waals surface area (Å²) in [4.78, 5) is 0. The average molecular weight is 235 g/mol. The highest BCUT2D eigenvalue weighted by molar-refractivity contribution is 5.47. The van der Waals surface area contributed by atoms with Gasteiger partial charge in [-0.1, -0.05) is 6.92 Å². The van der Waals surface area contributed by atoms with Crippen LogP contribution in [-0.4, -0.2) is 19.3 Å². The molecular formula is C14H21NO2. The van der Waals surface area contributed by atoms with E-state index in [1.165, 1.54) is 11.1 Å². The topological polar surface area (TPSA) is 44.5 Å². The summed E-state index contributed by atoms with van der Waals surface area (Å²) in [5.74, 6) is 1.75. The molecule has 0 spiro atoms. The third kappa shape index (κ3) is 2.91. The van der Waals surface area contributed by atoms with Crippen LogP contribution in [0.25, 0.3) is 0 Å². The van der Waals surface area contributed by atoms with Gasteiger partial charge in [-0.15, -0.1) is 0 Å². The fraction of sp³-hybridized carbons (Fsp3) is 0.571. The molecule has 3 heteroatoms. The molecule has 1 atom stereocenters. The van der Waals surface area contributed by atoms with Crippen LogP contribution in [0, 0.1) is 6.92 Å². The van der Waals surface area contributed by atoms with Crippen LogP contribution >= 0.6 is 0 Å². The van der Waals surface area contributed by atoms with E-state index in [1.807, 2.05) is 0 Å². The largest absolute Gasteiger partial charge is 0.486 e. The average Bonchev–Trinajstić information content (AvgIpc) is 2.35. The maximum atomic E-state index is 5.95. The van der Waals surface area contributed by atoms with Gasteiger partial charge >= 0.3 is 0 Å². The van der Waals surface area contributed by atoms with E-state index in [9.17, 15) is 0 Å². The summed E-state index contributed by atoms with van der Waals surface area (Å²) < 4.78 is 11.2. The van der Waals surface area contributed by atoms with Crippen LogP contribution in [0.1, 0.15) is 30.9 Å². The first kappa shape index (κ1) is 12.2. The van der Waals surface area contributed by atoms with Crippen LogP contribution < -0.4 is 15.2 Å². The van der Waals surface area contributed by atoms with Gasteiger partial charge in [0.1, 0.15) is 13.2 Å². The van der Waals surface area contributed by atoms with Crippen molar-refractivity contribution in [2.24, 2.45) is 5.73 Å². The van der Waals surface area contributed by atoms with Crippen LogP contribution in [0.3, 0.4) is 0 Å². The maximum absolute atomic E-state index is 5.95. The standard InChI is InChI=1S/C14H21NO2/c1-3-12(15)5-4-11-9-14-13(8-10(11)2)16-6-7-17-14/h8-9,12H,3-7,15H2,1-2H3. The quantitative estimate of drug-likeness (QED) is 0.871. The molecule has 0 bridgehead atoms. The molecule has 1 aromatic carbocycles. The van der Waals surface area contributed by atoms with E-state index in [2.05, 4.69) is 26.0 Å². The third-order valence-electron chi connectivity index (χ3n) is 3.31. The molecule has 1 aliphatic rings. The van der Waals surface area contributed by atoms with Gasteiger partial charge in [-0.05, 0) is 49.4 Å². The molecule has 3 nitrogen and oxygen atoms in total. The molecule has 0 aliphatic carbocycles. The van der Waals surface area contributed by atoms with E-state index in [1.54, 1.807) is 0 Å². The highest BCUT2D eigenvalue weighted by Crippen LogP contribution is 2.33. The molecule has 0 fully saturated rings. The Hall–Kier alpha value is -1.22. The zero-order chi connectivity index (χ0) is 12.3. The number of fused-ring (bicyclic) bond motifs is 1. The van der Waals surface area contributed by atoms with E-state index in [0.717, 1.165) is 30.8 Å². The summed E-state index contributed by atoms with van der Waals surface area (Å²) in [6.07, 6.45) is 3.07. The highest BCUT2D eigenvalue weighted by atomic mass is 16.6. The fourth-order valence-electron chi connectivity index (χ4n) is 2.05. The minimum Gasteiger partial charge on any atom is -0.486 e. The SMILES string of the molecule is CCC(N)CCc1cc2c(cc1C)OCCO2. The van der Waals surface area contributed by atoms with Crippen LogP contribution in [0.5, 0.6) is 11.5 Å². The summed E-state index contributed by atoms with van der Waals surface area (Å²) in [6, 6.07) is 4.47. The minimum atomic E-state index is 0.294. The second kappa shape index (κ2) is 5.41. The van der Waals surface area contributed by atoms with Gasteiger partial charge in [0.25, 0.3) is 0 Å². The van der Waals surface area contributed by atoms with Gasteiger partial charge in [0.15, 0.2) is 11.5 Å². The van der Waals surface area contributed by atoms with Gasteiger partial charge < -0.3 is 15.2 Å². The Kier molecular flexibility index (Phi) is 3.89. The summed E-state index contributed by atoms with van der Waals surface area (Å²) >= 11 is 0. The molecule has 0 saturated carbocycles. The molecule has 0 amide bonds. The fourth-order valence-corrected chi connectivity index (χ4v) is 2.05. The molecule has 1 aliphatic heterocycles. The van der Waals surface area contributed by atoms with Crippen LogP contribution in [0.15, 0.2) is 12.1 Å². The van der Waals surface area contributed by atoms with Gasteiger partial charge in [-0.2, -0.15) is 0 Å². The van der Waals surface area contributed by atoms with Crippen molar-refractivity contribution in [3.8, 4) is 11.5 Å². The Balaban J connectivity index is 2.11. The Morgan fingerprint density at radius 3 is 2.53 bits per heavy atom. The summed E-state index contributed by atoms with van der Waals surface area (Å²) in [5, 5.41) is 0. The molecular weight excluding hydrogens is 214 g/mol. The summed E-state index contributed by atoms with van der Waals surface area (Å²) in [5.41, 5.74) is 8.53. The second-order valence-electron chi connectivity index (χ2n) is 4.63. The molecule has 1 unspecified atom stereocenters. The second-order valence-corrected chi connectivity index (χ2v) is 4.63.